The van der Waals surface area contributed by atoms with E-state index in [1.165, 1.54) is 6.92 Å². The Labute approximate surface area is 171 Å². The number of benzene rings is 1. The van der Waals surface area contributed by atoms with Gasteiger partial charge in [-0.05, 0) is 48.8 Å². The molecular weight excluding hydrogens is 370 g/mol. The number of rotatable bonds is 6. The van der Waals surface area contributed by atoms with E-state index in [-0.39, 0.29) is 29.7 Å². The Kier molecular flexibility index (Phi) is 6.90. The molecule has 29 heavy (non-hydrogen) atoms. The van der Waals surface area contributed by atoms with E-state index in [0.717, 1.165) is 17.7 Å². The van der Waals surface area contributed by atoms with Crippen molar-refractivity contribution in [2.24, 2.45) is 11.8 Å². The lowest BCUT2D eigenvalue weighted by Crippen LogP contribution is -2.48. The van der Waals surface area contributed by atoms with Crippen LogP contribution < -0.4 is 10.6 Å². The highest BCUT2D eigenvalue weighted by Crippen LogP contribution is 2.36. The number of anilines is 1. The third-order valence-corrected chi connectivity index (χ3v) is 5.95. The smallest absolute Gasteiger partial charge is 0.227 e. The largest absolute Gasteiger partial charge is 0.391 e. The molecule has 7 heteroatoms. The zero-order valence-electron chi connectivity index (χ0n) is 17.2. The first kappa shape index (κ1) is 21.3. The van der Waals surface area contributed by atoms with Gasteiger partial charge in [0.25, 0.3) is 0 Å². The Morgan fingerprint density at radius 3 is 2.38 bits per heavy atom. The molecule has 1 saturated carbocycles. The molecule has 1 aromatic rings. The van der Waals surface area contributed by atoms with E-state index in [1.807, 2.05) is 36.1 Å². The van der Waals surface area contributed by atoms with Crippen molar-refractivity contribution in [3.8, 4) is 0 Å². The Balaban J connectivity index is 1.53. The van der Waals surface area contributed by atoms with Gasteiger partial charge in [0.2, 0.25) is 17.7 Å². The fourth-order valence-corrected chi connectivity index (χ4v) is 4.49. The molecule has 0 spiro atoms. The van der Waals surface area contributed by atoms with Crippen molar-refractivity contribution >= 4 is 23.4 Å². The second-order valence-corrected chi connectivity index (χ2v) is 8.34. The van der Waals surface area contributed by atoms with Crippen LogP contribution in [0.5, 0.6) is 0 Å². The molecular formula is C22H31N3O4. The van der Waals surface area contributed by atoms with Gasteiger partial charge >= 0.3 is 0 Å². The molecule has 4 atom stereocenters. The first-order chi connectivity index (χ1) is 13.9. The summed E-state index contributed by atoms with van der Waals surface area (Å²) in [6, 6.07) is 7.18. The molecule has 1 saturated heterocycles. The molecule has 3 N–H and O–H groups in total. The fraction of sp³-hybridized carbons (Fsp3) is 0.591. The number of hydrogen-bond acceptors (Lipinski definition) is 4. The third-order valence-electron chi connectivity index (χ3n) is 5.95. The minimum Gasteiger partial charge on any atom is -0.391 e. The lowest BCUT2D eigenvalue weighted by molar-refractivity contribution is -0.129. The molecule has 0 bridgehead atoms. The molecule has 2 fully saturated rings. The molecule has 0 radical (unpaired) electrons. The minimum absolute atomic E-state index is 0.00393. The second-order valence-electron chi connectivity index (χ2n) is 8.34. The van der Waals surface area contributed by atoms with Crippen LogP contribution in [0, 0.1) is 11.8 Å². The topological polar surface area (TPSA) is 98.7 Å². The van der Waals surface area contributed by atoms with Gasteiger partial charge in [-0.15, -0.1) is 0 Å². The molecule has 1 aromatic carbocycles. The number of likely N-dealkylation sites (tertiary alicyclic amines) is 1. The van der Waals surface area contributed by atoms with Gasteiger partial charge in [0.05, 0.1) is 18.6 Å². The molecule has 7 nitrogen and oxygen atoms in total. The summed E-state index contributed by atoms with van der Waals surface area (Å²) in [6.45, 7) is 4.77. The van der Waals surface area contributed by atoms with Crippen LogP contribution in [0.2, 0.25) is 0 Å². The van der Waals surface area contributed by atoms with Gasteiger partial charge in [0, 0.05) is 32.1 Å². The molecule has 158 valence electrons. The zero-order valence-corrected chi connectivity index (χ0v) is 17.2. The van der Waals surface area contributed by atoms with Crippen molar-refractivity contribution in [2.45, 2.75) is 58.1 Å². The lowest BCUT2D eigenvalue weighted by Gasteiger charge is -2.35. The van der Waals surface area contributed by atoms with Crippen molar-refractivity contribution < 1.29 is 19.5 Å². The number of carbonyl (C=O) groups excluding carboxylic acids is 3. The highest BCUT2D eigenvalue weighted by atomic mass is 16.3. The van der Waals surface area contributed by atoms with E-state index in [4.69, 9.17) is 0 Å². The number of aliphatic hydroxyl groups is 1. The van der Waals surface area contributed by atoms with Gasteiger partial charge in [-0.2, -0.15) is 0 Å². The maximum Gasteiger partial charge on any atom is 0.227 e. The Hall–Kier alpha value is -2.41. The van der Waals surface area contributed by atoms with E-state index < -0.39 is 6.10 Å². The van der Waals surface area contributed by atoms with Gasteiger partial charge < -0.3 is 20.6 Å². The number of hydrogen-bond donors (Lipinski definition) is 3. The van der Waals surface area contributed by atoms with Gasteiger partial charge in [-0.1, -0.05) is 19.1 Å². The summed E-state index contributed by atoms with van der Waals surface area (Å²) < 4.78 is 0. The summed E-state index contributed by atoms with van der Waals surface area (Å²) in [5, 5.41) is 16.0. The average Bonchev–Trinajstić information content (AvgIpc) is 3.06. The molecule has 1 aliphatic heterocycles. The number of nitrogens with one attached hydrogen (secondary N) is 2. The van der Waals surface area contributed by atoms with Gasteiger partial charge in [-0.25, -0.2) is 0 Å². The highest BCUT2D eigenvalue weighted by Gasteiger charge is 2.43. The van der Waals surface area contributed by atoms with Crippen molar-refractivity contribution in [3.05, 3.63) is 29.8 Å². The predicted octanol–water partition coefficient (Wildman–Crippen LogP) is 1.70. The minimum atomic E-state index is -0.550. The van der Waals surface area contributed by atoms with E-state index >= 15 is 0 Å². The molecule has 1 heterocycles. The fourth-order valence-electron chi connectivity index (χ4n) is 4.49. The van der Waals surface area contributed by atoms with Crippen molar-refractivity contribution in [3.63, 3.8) is 0 Å². The van der Waals surface area contributed by atoms with Gasteiger partial charge in [-0.3, -0.25) is 14.4 Å². The lowest BCUT2D eigenvalue weighted by atomic mass is 9.77. The van der Waals surface area contributed by atoms with Crippen LogP contribution in [-0.2, 0) is 20.8 Å². The monoisotopic (exact) mass is 401 g/mol. The van der Waals surface area contributed by atoms with E-state index in [0.29, 0.717) is 44.7 Å². The van der Waals surface area contributed by atoms with E-state index in [2.05, 4.69) is 10.6 Å². The van der Waals surface area contributed by atoms with E-state index in [1.54, 1.807) is 0 Å². The van der Waals surface area contributed by atoms with Crippen molar-refractivity contribution in [2.75, 3.05) is 18.4 Å². The summed E-state index contributed by atoms with van der Waals surface area (Å²) in [4.78, 5) is 37.7. The van der Waals surface area contributed by atoms with Crippen LogP contribution in [0.1, 0.15) is 45.1 Å². The maximum absolute atomic E-state index is 12.8. The number of amides is 3. The molecule has 0 aromatic heterocycles. The number of nitrogens with zero attached hydrogens (tertiary/aromatic N) is 1. The number of aliphatic hydroxyl groups excluding tert-OH is 1. The van der Waals surface area contributed by atoms with Crippen molar-refractivity contribution in [1.29, 1.82) is 0 Å². The Morgan fingerprint density at radius 1 is 1.10 bits per heavy atom. The second kappa shape index (κ2) is 9.39. The predicted molar refractivity (Wildman–Crippen MR) is 110 cm³/mol. The van der Waals surface area contributed by atoms with Gasteiger partial charge in [0.1, 0.15) is 0 Å². The molecule has 2 aliphatic rings. The average molecular weight is 402 g/mol. The maximum atomic E-state index is 12.8. The number of fused-ring (bicyclic) bond motifs is 1. The molecule has 0 unspecified atom stereocenters. The first-order valence-electron chi connectivity index (χ1n) is 10.5. The van der Waals surface area contributed by atoms with E-state index in [9.17, 15) is 19.5 Å². The van der Waals surface area contributed by atoms with Crippen LogP contribution in [0.25, 0.3) is 0 Å². The normalized spacial score (nSPS) is 26.0. The van der Waals surface area contributed by atoms with Crippen LogP contribution in [0.15, 0.2) is 24.3 Å². The summed E-state index contributed by atoms with van der Waals surface area (Å²) >= 11 is 0. The van der Waals surface area contributed by atoms with Gasteiger partial charge in [0.15, 0.2) is 0 Å². The standard InChI is InChI=1S/C22H31N3O4/c1-3-4-21(28)24-18-7-5-15(6-8-18)9-22(29)25-12-16-10-19(23-14(2)26)20(27)11-17(16)13-25/h5-8,16-17,19-20,27H,3-4,9-13H2,1-2H3,(H,23,26)(H,24,28)/t16-,17+,19-,20-/m1/s1. The highest BCUT2D eigenvalue weighted by molar-refractivity contribution is 5.90. The summed E-state index contributed by atoms with van der Waals surface area (Å²) in [7, 11) is 0. The molecule has 3 amide bonds. The molecule has 1 aliphatic carbocycles. The van der Waals surface area contributed by atoms with Crippen LogP contribution in [0.3, 0.4) is 0 Å². The summed E-state index contributed by atoms with van der Waals surface area (Å²) in [6.07, 6.45) is 2.40. The van der Waals surface area contributed by atoms with Crippen LogP contribution >= 0.6 is 0 Å². The Bertz CT molecular complexity index is 749. The summed E-state index contributed by atoms with van der Waals surface area (Å²) in [5.41, 5.74) is 1.65. The SMILES string of the molecule is CCCC(=O)Nc1ccc(CC(=O)N2C[C@H]3C[C@@H](NC(C)=O)[C@H](O)C[C@H]3C2)cc1. The quantitative estimate of drug-likeness (QED) is 0.676. The molecule has 3 rings (SSSR count). The third kappa shape index (κ3) is 5.56. The van der Waals surface area contributed by atoms with Crippen LogP contribution in [0.4, 0.5) is 5.69 Å². The van der Waals surface area contributed by atoms with Crippen LogP contribution in [-0.4, -0.2) is 53.0 Å². The van der Waals surface area contributed by atoms with Crippen molar-refractivity contribution in [1.82, 2.24) is 10.2 Å². The first-order valence-corrected chi connectivity index (χ1v) is 10.5. The number of carbonyl (C=O) groups is 3. The Morgan fingerprint density at radius 2 is 1.76 bits per heavy atom. The summed E-state index contributed by atoms with van der Waals surface area (Å²) in [5.74, 6) is 0.543. The zero-order chi connectivity index (χ0) is 21.0.